The number of aromatic hydroxyl groups is 1. The van der Waals surface area contributed by atoms with Crippen LogP contribution in [0.3, 0.4) is 0 Å². The fraction of sp³-hybridized carbons (Fsp3) is 0.0833. The molecule has 4 heteroatoms. The van der Waals surface area contributed by atoms with Crippen LogP contribution in [0.5, 0.6) is 5.75 Å². The van der Waals surface area contributed by atoms with E-state index in [4.69, 9.17) is 5.73 Å². The van der Waals surface area contributed by atoms with Crippen LogP contribution in [0.4, 0.5) is 5.69 Å². The molecule has 1 aromatic carbocycles. The Morgan fingerprint density at radius 1 is 1.31 bits per heavy atom. The molecular weight excluding hydrogens is 263 g/mol. The summed E-state index contributed by atoms with van der Waals surface area (Å²) < 4.78 is 1.28. The number of nitrogens with zero attached hydrogens (tertiary/aromatic N) is 1. The molecule has 0 aliphatic rings. The Kier molecular flexibility index (Phi) is 3.47. The van der Waals surface area contributed by atoms with Crippen LogP contribution in [0, 0.1) is 0 Å². The number of phenols is 1. The molecule has 3 N–H and O–H groups in total. The van der Waals surface area contributed by atoms with E-state index in [0.717, 1.165) is 10.8 Å². The number of anilines is 1. The van der Waals surface area contributed by atoms with Crippen molar-refractivity contribution in [3.8, 4) is 5.75 Å². The maximum atomic E-state index is 9.66. The summed E-state index contributed by atoms with van der Waals surface area (Å²) >= 11 is -0.297. The molecule has 0 spiro atoms. The molecule has 16 heavy (non-hydrogen) atoms. The molecule has 2 aromatic rings. The Hall–Kier alpha value is -1.47. The minimum atomic E-state index is -0.297. The summed E-state index contributed by atoms with van der Waals surface area (Å²) in [7, 11) is 0. The van der Waals surface area contributed by atoms with Crippen LogP contribution in [0.15, 0.2) is 42.7 Å². The van der Waals surface area contributed by atoms with Gasteiger partial charge >= 0.3 is 101 Å². The molecule has 0 radical (unpaired) electrons. The summed E-state index contributed by atoms with van der Waals surface area (Å²) in [4.78, 5) is 4.08. The SMILES string of the molecule is Nc1ccc(O)c(C[AsH]c2cccnc2)c1. The fourth-order valence-electron chi connectivity index (χ4n) is 1.41. The average molecular weight is 276 g/mol. The number of nitrogen functional groups attached to an aromatic ring is 1. The maximum absolute atomic E-state index is 9.66. The van der Waals surface area contributed by atoms with E-state index in [9.17, 15) is 5.11 Å². The van der Waals surface area contributed by atoms with Gasteiger partial charge in [-0.15, -0.1) is 0 Å². The van der Waals surface area contributed by atoms with Crippen molar-refractivity contribution in [1.29, 1.82) is 0 Å². The normalized spacial score (nSPS) is 11.0. The fourth-order valence-corrected chi connectivity index (χ4v) is 3.63. The monoisotopic (exact) mass is 276 g/mol. The van der Waals surface area contributed by atoms with Crippen LogP contribution in [-0.4, -0.2) is 25.8 Å². The first-order valence-corrected chi connectivity index (χ1v) is 7.50. The van der Waals surface area contributed by atoms with Gasteiger partial charge in [0, 0.05) is 0 Å². The third-order valence-corrected chi connectivity index (χ3v) is 4.90. The van der Waals surface area contributed by atoms with E-state index in [0.29, 0.717) is 11.4 Å². The Labute approximate surface area is 101 Å². The summed E-state index contributed by atoms with van der Waals surface area (Å²) in [5.41, 5.74) is 7.32. The van der Waals surface area contributed by atoms with E-state index < -0.39 is 0 Å². The molecule has 82 valence electrons. The summed E-state index contributed by atoms with van der Waals surface area (Å²) in [5.74, 6) is 0.335. The predicted octanol–water partition coefficient (Wildman–Crippen LogP) is 0.631. The zero-order valence-corrected chi connectivity index (χ0v) is 10.8. The van der Waals surface area contributed by atoms with Gasteiger partial charge in [-0.3, -0.25) is 0 Å². The quantitative estimate of drug-likeness (QED) is 0.491. The van der Waals surface area contributed by atoms with E-state index in [1.54, 1.807) is 18.3 Å². The van der Waals surface area contributed by atoms with Crippen molar-refractivity contribution in [3.63, 3.8) is 0 Å². The molecule has 1 aromatic heterocycles. The minimum absolute atomic E-state index is 0.297. The van der Waals surface area contributed by atoms with Gasteiger partial charge in [0.05, 0.1) is 0 Å². The summed E-state index contributed by atoms with van der Waals surface area (Å²) in [6.45, 7) is 0. The van der Waals surface area contributed by atoms with Crippen molar-refractivity contribution in [3.05, 3.63) is 48.3 Å². The second-order valence-electron chi connectivity index (χ2n) is 3.48. The standard InChI is InChI=1S/C12H13AsN2O/c14-11-3-4-12(16)9(6-11)7-13-10-2-1-5-15-8-10/h1-6,8,13,16H,7,14H2. The van der Waals surface area contributed by atoms with Crippen LogP contribution in [0.1, 0.15) is 5.56 Å². The van der Waals surface area contributed by atoms with Crippen LogP contribution in [0.2, 0.25) is 0 Å². The third kappa shape index (κ3) is 2.77. The molecule has 0 amide bonds. The Morgan fingerprint density at radius 2 is 2.19 bits per heavy atom. The molecule has 0 saturated carbocycles. The zero-order valence-electron chi connectivity index (χ0n) is 8.72. The Balaban J connectivity index is 2.08. The number of phenolic OH excluding ortho intramolecular Hbond substituents is 1. The molecule has 1 heterocycles. The van der Waals surface area contributed by atoms with Gasteiger partial charge < -0.3 is 0 Å². The number of aromatic nitrogens is 1. The van der Waals surface area contributed by atoms with Gasteiger partial charge in [0.2, 0.25) is 0 Å². The van der Waals surface area contributed by atoms with Gasteiger partial charge in [0.1, 0.15) is 0 Å². The van der Waals surface area contributed by atoms with Crippen molar-refractivity contribution in [1.82, 2.24) is 4.98 Å². The molecular formula is C12H13AsN2O. The van der Waals surface area contributed by atoms with E-state index >= 15 is 0 Å². The number of benzene rings is 1. The number of hydrogen-bond donors (Lipinski definition) is 2. The van der Waals surface area contributed by atoms with Gasteiger partial charge in [-0.25, -0.2) is 0 Å². The first-order chi connectivity index (χ1) is 7.75. The molecule has 0 fully saturated rings. The Morgan fingerprint density at radius 3 is 2.94 bits per heavy atom. The second kappa shape index (κ2) is 5.04. The number of hydrogen-bond acceptors (Lipinski definition) is 3. The van der Waals surface area contributed by atoms with E-state index in [-0.39, 0.29) is 15.8 Å². The van der Waals surface area contributed by atoms with Gasteiger partial charge in [0.25, 0.3) is 0 Å². The molecule has 0 aliphatic carbocycles. The number of rotatable bonds is 3. The number of nitrogens with two attached hydrogens (primary N) is 1. The second-order valence-corrected chi connectivity index (χ2v) is 6.18. The van der Waals surface area contributed by atoms with Gasteiger partial charge in [-0.05, 0) is 0 Å². The summed E-state index contributed by atoms with van der Waals surface area (Å²) in [6.07, 6.45) is 3.66. The number of pyridine rings is 1. The van der Waals surface area contributed by atoms with Gasteiger partial charge in [-0.2, -0.15) is 0 Å². The summed E-state index contributed by atoms with van der Waals surface area (Å²) in [6, 6.07) is 9.23. The van der Waals surface area contributed by atoms with Crippen LogP contribution in [0.25, 0.3) is 0 Å². The first-order valence-electron chi connectivity index (χ1n) is 4.97. The average Bonchev–Trinajstić information content (AvgIpc) is 2.32. The molecule has 0 aliphatic heterocycles. The molecule has 3 nitrogen and oxygen atoms in total. The van der Waals surface area contributed by atoms with Gasteiger partial charge in [0.15, 0.2) is 0 Å². The molecule has 0 bridgehead atoms. The molecule has 1 unspecified atom stereocenters. The van der Waals surface area contributed by atoms with Crippen molar-refractivity contribution in [2.24, 2.45) is 0 Å². The molecule has 0 saturated heterocycles. The van der Waals surface area contributed by atoms with E-state index in [1.165, 1.54) is 4.35 Å². The summed E-state index contributed by atoms with van der Waals surface area (Å²) in [5, 5.41) is 10.6. The topological polar surface area (TPSA) is 59.1 Å². The Bertz CT molecular complexity index is 474. The van der Waals surface area contributed by atoms with Crippen molar-refractivity contribution < 1.29 is 5.11 Å². The third-order valence-electron chi connectivity index (χ3n) is 2.25. The van der Waals surface area contributed by atoms with Crippen molar-refractivity contribution >= 4 is 25.8 Å². The van der Waals surface area contributed by atoms with E-state index in [2.05, 4.69) is 11.1 Å². The zero-order chi connectivity index (χ0) is 11.4. The first kappa shape index (κ1) is 11.0. The van der Waals surface area contributed by atoms with E-state index in [1.807, 2.05) is 18.3 Å². The van der Waals surface area contributed by atoms with Gasteiger partial charge in [-0.1, -0.05) is 0 Å². The molecule has 1 atom stereocenters. The predicted molar refractivity (Wildman–Crippen MR) is 67.2 cm³/mol. The van der Waals surface area contributed by atoms with Crippen LogP contribution >= 0.6 is 0 Å². The van der Waals surface area contributed by atoms with Crippen molar-refractivity contribution in [2.75, 3.05) is 5.73 Å². The van der Waals surface area contributed by atoms with Crippen LogP contribution in [-0.2, 0) is 5.21 Å². The molecule has 2 rings (SSSR count). The van der Waals surface area contributed by atoms with Crippen molar-refractivity contribution in [2.45, 2.75) is 5.21 Å². The van der Waals surface area contributed by atoms with Crippen LogP contribution < -0.4 is 10.1 Å².